The van der Waals surface area contributed by atoms with Crippen molar-refractivity contribution in [3.05, 3.63) is 101 Å². The summed E-state index contributed by atoms with van der Waals surface area (Å²) in [6.07, 6.45) is 5.38. The zero-order valence-corrected chi connectivity index (χ0v) is 33.0. The van der Waals surface area contributed by atoms with Crippen LogP contribution < -0.4 is 5.32 Å². The molecule has 0 bridgehead atoms. The van der Waals surface area contributed by atoms with Gasteiger partial charge in [0.1, 0.15) is 0 Å². The van der Waals surface area contributed by atoms with Gasteiger partial charge in [0, 0.05) is 74.4 Å². The number of nitrogens with one attached hydrogen (secondary N) is 1. The fourth-order valence-corrected chi connectivity index (χ4v) is 7.42. The smallest absolute Gasteiger partial charge is 0.292 e. The molecule has 2 aliphatic heterocycles. The Kier molecular flexibility index (Phi) is 12.1. The molecule has 2 fully saturated rings. The van der Waals surface area contributed by atoms with E-state index in [9.17, 15) is 14.4 Å². The van der Waals surface area contributed by atoms with Crippen LogP contribution >= 0.6 is 11.6 Å². The van der Waals surface area contributed by atoms with E-state index in [2.05, 4.69) is 39.2 Å². The van der Waals surface area contributed by atoms with Crippen LogP contribution in [0.2, 0.25) is 5.02 Å². The number of piperazine rings is 1. The van der Waals surface area contributed by atoms with Crippen LogP contribution in [0.5, 0.6) is 0 Å². The number of carbonyl (C=O) groups is 4. The molecule has 1 unspecified atom stereocenters. The lowest BCUT2D eigenvalue weighted by Gasteiger charge is -2.36. The number of pyridine rings is 1. The molecule has 0 spiro atoms. The molecule has 3 aromatic heterocycles. The van der Waals surface area contributed by atoms with Gasteiger partial charge < -0.3 is 28.9 Å². The average Bonchev–Trinajstić information content (AvgIpc) is 3.91. The molecule has 3 amide bonds. The maximum Gasteiger partial charge on any atom is 0.292 e. The maximum absolute atomic E-state index is 15.6. The highest BCUT2D eigenvalue weighted by Crippen LogP contribution is 2.34. The number of quaternary nitrogens is 1. The number of amides is 3. The first kappa shape index (κ1) is 40.7. The molecule has 0 aliphatic carbocycles. The van der Waals surface area contributed by atoms with E-state index in [1.165, 1.54) is 47.8 Å². The Morgan fingerprint density at radius 3 is 2.28 bits per heavy atom. The summed E-state index contributed by atoms with van der Waals surface area (Å²) in [7, 11) is 7.11. The van der Waals surface area contributed by atoms with E-state index in [1.807, 2.05) is 4.90 Å². The van der Waals surface area contributed by atoms with Gasteiger partial charge in [-0.15, -0.1) is 0 Å². The number of likely N-dealkylation sites (tertiary alicyclic amines) is 1. The molecule has 14 nitrogen and oxygen atoms in total. The van der Waals surface area contributed by atoms with Crippen LogP contribution in [0.4, 0.5) is 14.5 Å². The average molecular weight is 803 g/mol. The van der Waals surface area contributed by atoms with Gasteiger partial charge in [0.25, 0.3) is 18.3 Å². The standard InChI is InChI=1S/C38H38ClF2N9O3.C2H4O2/c1-23-29(21-49(45-23)32-7-5-6-13-42-32)26-10-11-28(34(41)33(26)40)31-20-43-35(46(31)2)36(51)44-25-8-9-27(30(39)19-25)38(53)48-16-14-47(15-17-48)37(52)24-12-18-50(3,4)22-24;1-4-2-3/h5-11,13,19-21,24H,12,14-18,22H2,1-4H3;2H,1H3/p+1. The molecule has 7 rings (SSSR count). The number of ether oxygens (including phenoxy) is 1. The highest BCUT2D eigenvalue weighted by atomic mass is 35.5. The number of aryl methyl sites for hydroxylation is 1. The lowest BCUT2D eigenvalue weighted by Crippen LogP contribution is -2.52. The Morgan fingerprint density at radius 2 is 1.65 bits per heavy atom. The maximum atomic E-state index is 15.6. The number of aromatic nitrogens is 5. The van der Waals surface area contributed by atoms with Crippen molar-refractivity contribution >= 4 is 41.5 Å². The number of imidazole rings is 1. The van der Waals surface area contributed by atoms with Crippen molar-refractivity contribution in [2.75, 3.05) is 65.8 Å². The van der Waals surface area contributed by atoms with Gasteiger partial charge >= 0.3 is 0 Å². The number of anilines is 1. The summed E-state index contributed by atoms with van der Waals surface area (Å²) in [6, 6.07) is 12.8. The molecular formula is C40H43ClF2N9O5+. The number of rotatable bonds is 8. The first-order valence-electron chi connectivity index (χ1n) is 18.2. The van der Waals surface area contributed by atoms with Gasteiger partial charge in [-0.05, 0) is 43.3 Å². The van der Waals surface area contributed by atoms with E-state index in [0.717, 1.165) is 24.0 Å². The second kappa shape index (κ2) is 17.0. The zero-order chi connectivity index (χ0) is 41.0. The van der Waals surface area contributed by atoms with Crippen molar-refractivity contribution < 1.29 is 37.2 Å². The summed E-state index contributed by atoms with van der Waals surface area (Å²) in [5, 5.41) is 7.28. The van der Waals surface area contributed by atoms with Crippen LogP contribution in [0.1, 0.15) is 33.1 Å². The molecule has 2 saturated heterocycles. The monoisotopic (exact) mass is 802 g/mol. The minimum absolute atomic E-state index is 0.0169. The van der Waals surface area contributed by atoms with Gasteiger partial charge in [-0.1, -0.05) is 23.7 Å². The van der Waals surface area contributed by atoms with Crippen molar-refractivity contribution in [2.24, 2.45) is 13.0 Å². The van der Waals surface area contributed by atoms with Crippen molar-refractivity contribution in [1.82, 2.24) is 34.1 Å². The second-order valence-electron chi connectivity index (χ2n) is 14.5. The normalized spacial score (nSPS) is 16.1. The third-order valence-electron chi connectivity index (χ3n) is 10.2. The molecule has 5 heterocycles. The Hall–Kier alpha value is -6.00. The molecule has 1 atom stereocenters. The Balaban J connectivity index is 0.00000131. The van der Waals surface area contributed by atoms with Crippen molar-refractivity contribution in [3.63, 3.8) is 0 Å². The molecule has 0 saturated carbocycles. The zero-order valence-electron chi connectivity index (χ0n) is 32.2. The highest BCUT2D eigenvalue weighted by molar-refractivity contribution is 6.34. The first-order valence-corrected chi connectivity index (χ1v) is 18.6. The summed E-state index contributed by atoms with van der Waals surface area (Å²) in [4.78, 5) is 60.7. The summed E-state index contributed by atoms with van der Waals surface area (Å²) in [5.74, 6) is -2.38. The van der Waals surface area contributed by atoms with Gasteiger partial charge in [-0.2, -0.15) is 5.10 Å². The SMILES string of the molecule is COC=O.Cc1nn(-c2ccccn2)cc1-c1ccc(-c2cnc(C(=O)Nc3ccc(C(=O)N4CCN(C(=O)C5CC[N+](C)(C)C5)CC4)c(Cl)c3)n2C)c(F)c1F. The van der Waals surface area contributed by atoms with Gasteiger partial charge in [0.15, 0.2) is 23.3 Å². The molecule has 0 radical (unpaired) electrons. The minimum Gasteiger partial charge on any atom is -0.471 e. The van der Waals surface area contributed by atoms with Crippen molar-refractivity contribution in [2.45, 2.75) is 13.3 Å². The Labute approximate surface area is 333 Å². The number of benzene rings is 2. The fourth-order valence-electron chi connectivity index (χ4n) is 7.15. The van der Waals surface area contributed by atoms with Crippen LogP contribution in [0.15, 0.2) is 67.1 Å². The number of hydrogen-bond acceptors (Lipinski definition) is 8. The first-order chi connectivity index (χ1) is 27.2. The number of carbonyl (C=O) groups excluding carboxylic acids is 4. The number of methoxy groups -OCH3 is 1. The quantitative estimate of drug-likeness (QED) is 0.171. The van der Waals surface area contributed by atoms with Crippen LogP contribution in [-0.4, -0.2) is 123 Å². The Morgan fingerprint density at radius 1 is 0.965 bits per heavy atom. The summed E-state index contributed by atoms with van der Waals surface area (Å²) < 4.78 is 38.8. The Bertz CT molecular complexity index is 2310. The summed E-state index contributed by atoms with van der Waals surface area (Å²) in [5.41, 5.74) is 1.64. The number of nitrogens with zero attached hydrogens (tertiary/aromatic N) is 8. The van der Waals surface area contributed by atoms with Crippen LogP contribution in [-0.2, 0) is 21.4 Å². The summed E-state index contributed by atoms with van der Waals surface area (Å²) in [6.45, 7) is 5.60. The van der Waals surface area contributed by atoms with Crippen molar-refractivity contribution in [3.8, 4) is 28.2 Å². The predicted octanol–water partition coefficient (Wildman–Crippen LogP) is 5.00. The third kappa shape index (κ3) is 8.71. The highest BCUT2D eigenvalue weighted by Gasteiger charge is 2.38. The van der Waals surface area contributed by atoms with E-state index in [4.69, 9.17) is 16.4 Å². The van der Waals surface area contributed by atoms with Crippen molar-refractivity contribution in [1.29, 1.82) is 0 Å². The molecule has 2 aliphatic rings. The van der Waals surface area contributed by atoms with E-state index in [1.54, 1.807) is 54.5 Å². The lowest BCUT2D eigenvalue weighted by molar-refractivity contribution is -0.878. The molecule has 17 heteroatoms. The van der Waals surface area contributed by atoms with Gasteiger partial charge in [-0.25, -0.2) is 23.4 Å². The largest absolute Gasteiger partial charge is 0.471 e. The third-order valence-corrected chi connectivity index (χ3v) is 10.5. The van der Waals surface area contributed by atoms with E-state index in [-0.39, 0.29) is 51.0 Å². The van der Waals surface area contributed by atoms with E-state index in [0.29, 0.717) is 55.4 Å². The molecule has 5 aromatic rings. The van der Waals surface area contributed by atoms with Crippen LogP contribution in [0.25, 0.3) is 28.2 Å². The second-order valence-corrected chi connectivity index (χ2v) is 14.9. The number of hydrogen-bond donors (Lipinski definition) is 1. The van der Waals surface area contributed by atoms with Gasteiger partial charge in [0.05, 0.1) is 68.4 Å². The van der Waals surface area contributed by atoms with Crippen LogP contribution in [0, 0.1) is 24.5 Å². The van der Waals surface area contributed by atoms with E-state index >= 15 is 8.78 Å². The molecule has 57 heavy (non-hydrogen) atoms. The molecule has 2 aromatic carbocycles. The van der Waals surface area contributed by atoms with E-state index < -0.39 is 17.5 Å². The van der Waals surface area contributed by atoms with Gasteiger partial charge in [-0.3, -0.25) is 19.2 Å². The molecule has 1 N–H and O–H groups in total. The van der Waals surface area contributed by atoms with Gasteiger partial charge in [0.2, 0.25) is 5.91 Å². The predicted molar refractivity (Wildman–Crippen MR) is 209 cm³/mol. The molecular weight excluding hydrogens is 760 g/mol. The lowest BCUT2D eigenvalue weighted by atomic mass is 10.0. The summed E-state index contributed by atoms with van der Waals surface area (Å²) >= 11 is 6.54. The molecule has 298 valence electrons. The van der Waals surface area contributed by atoms with Crippen LogP contribution in [0.3, 0.4) is 0 Å². The minimum atomic E-state index is -1.10. The fraction of sp³-hybridized carbons (Fsp3) is 0.325. The number of halogens is 3. The topological polar surface area (TPSA) is 145 Å².